The maximum absolute atomic E-state index is 13.7. The van der Waals surface area contributed by atoms with Gasteiger partial charge in [-0.25, -0.2) is 4.21 Å². The molecule has 0 saturated heterocycles. The van der Waals surface area contributed by atoms with Gasteiger partial charge in [-0.3, -0.25) is 0 Å². The van der Waals surface area contributed by atoms with Crippen LogP contribution in [0, 0.1) is 11.3 Å². The Bertz CT molecular complexity index is 3250. The fraction of sp³-hybridized carbons (Fsp3) is 0.0192. The molecule has 276 valence electrons. The summed E-state index contributed by atoms with van der Waals surface area (Å²) in [6.45, 7) is 5.25. The van der Waals surface area contributed by atoms with Gasteiger partial charge in [0, 0.05) is 59.2 Å². The van der Waals surface area contributed by atoms with Crippen molar-refractivity contribution < 1.29 is 4.21 Å². The van der Waals surface area contributed by atoms with Crippen molar-refractivity contribution in [1.82, 2.24) is 13.7 Å². The van der Waals surface area contributed by atoms with Crippen molar-refractivity contribution in [3.63, 3.8) is 0 Å². The van der Waals surface area contributed by atoms with E-state index in [0.717, 1.165) is 60.9 Å². The van der Waals surface area contributed by atoms with Crippen LogP contribution in [-0.4, -0.2) is 17.9 Å². The first kappa shape index (κ1) is 35.0. The average Bonchev–Trinajstić information content (AvgIpc) is 3.90. The van der Waals surface area contributed by atoms with Gasteiger partial charge >= 0.3 is 0 Å². The molecule has 5 nitrogen and oxygen atoms in total. The van der Waals surface area contributed by atoms with E-state index < -0.39 is 10.8 Å². The quantitative estimate of drug-likeness (QED) is 0.164. The van der Waals surface area contributed by atoms with Crippen molar-refractivity contribution >= 4 is 76.2 Å². The van der Waals surface area contributed by atoms with Crippen molar-refractivity contribution in [2.24, 2.45) is 0 Å². The molecule has 0 bridgehead atoms. The molecule has 11 rings (SSSR count). The smallest absolute Gasteiger partial charge is 0.0991 e. The maximum Gasteiger partial charge on any atom is 0.0991 e. The summed E-state index contributed by atoms with van der Waals surface area (Å²) in [6.07, 6.45) is 1.75. The number of nitrogens with zero attached hydrogens (tertiary/aromatic N) is 4. The lowest BCUT2D eigenvalue weighted by Crippen LogP contribution is -1.97. The SMILES string of the molecule is C=CC.N#Cc1ccc(S(=O)c2ccc(-n3c4cc5c6ccccc6n(-c6ccccc6)c5cc4c4cc5c(cc43)c3ccccc3n5-c3ccccc3)cc2)cc1. The lowest BCUT2D eigenvalue weighted by molar-refractivity contribution is 0.683. The van der Waals surface area contributed by atoms with Gasteiger partial charge < -0.3 is 13.7 Å². The summed E-state index contributed by atoms with van der Waals surface area (Å²) in [7, 11) is -1.39. The number of hydrogen-bond donors (Lipinski definition) is 0. The van der Waals surface area contributed by atoms with Crippen molar-refractivity contribution in [1.29, 1.82) is 5.26 Å². The highest BCUT2D eigenvalue weighted by molar-refractivity contribution is 7.85. The number of allylic oxidation sites excluding steroid dienone is 1. The molecule has 0 N–H and O–H groups in total. The molecule has 0 spiro atoms. The summed E-state index contributed by atoms with van der Waals surface area (Å²) in [4.78, 5) is 1.37. The molecule has 11 aromatic rings. The van der Waals surface area contributed by atoms with Gasteiger partial charge in [-0.15, -0.1) is 6.58 Å². The Kier molecular flexibility index (Phi) is 8.59. The van der Waals surface area contributed by atoms with Gasteiger partial charge in [-0.2, -0.15) is 5.26 Å². The van der Waals surface area contributed by atoms with Crippen LogP contribution in [0.1, 0.15) is 12.5 Å². The highest BCUT2D eigenvalue weighted by Gasteiger charge is 2.21. The minimum atomic E-state index is -1.39. The second-order valence-electron chi connectivity index (χ2n) is 14.3. The zero-order valence-corrected chi connectivity index (χ0v) is 32.5. The maximum atomic E-state index is 13.7. The Labute approximate surface area is 338 Å². The zero-order valence-electron chi connectivity index (χ0n) is 31.7. The number of rotatable bonds is 5. The van der Waals surface area contributed by atoms with Crippen molar-refractivity contribution in [2.75, 3.05) is 0 Å². The van der Waals surface area contributed by atoms with E-state index in [1.54, 1.807) is 30.3 Å². The van der Waals surface area contributed by atoms with E-state index in [-0.39, 0.29) is 0 Å². The van der Waals surface area contributed by atoms with Crippen LogP contribution in [0.4, 0.5) is 0 Å². The van der Waals surface area contributed by atoms with E-state index in [4.69, 9.17) is 0 Å². The topological polar surface area (TPSA) is 55.6 Å². The molecule has 0 fully saturated rings. The Morgan fingerprint density at radius 3 is 1.19 bits per heavy atom. The molecule has 3 heterocycles. The number of hydrogen-bond acceptors (Lipinski definition) is 2. The standard InChI is InChI=1S/C49H30N4OS.C3H6/c50-31-32-19-23-36(24-20-32)55(54)37-25-21-35(22-26-37)53-48-27-40-38-15-7-9-17-44(38)51(33-11-3-1-4-12-33)46(40)29-42(48)43-30-47-41(28-49(43)53)39-16-8-10-18-45(39)52(47)34-13-5-2-6-14-34;1-3-2/h1-30H;3H,1H2,2H3. The Balaban J connectivity index is 0.00000132. The monoisotopic (exact) mass is 764 g/mol. The Hall–Kier alpha value is -7.46. The third kappa shape index (κ3) is 5.55. The molecule has 0 amide bonds. The third-order valence-corrected chi connectivity index (χ3v) is 12.3. The molecule has 1 unspecified atom stereocenters. The fourth-order valence-electron chi connectivity index (χ4n) is 8.44. The van der Waals surface area contributed by atoms with E-state index in [9.17, 15) is 9.47 Å². The van der Waals surface area contributed by atoms with E-state index >= 15 is 0 Å². The molecule has 0 aliphatic heterocycles. The first-order chi connectivity index (χ1) is 28.6. The number of benzene rings is 8. The molecule has 0 aliphatic rings. The van der Waals surface area contributed by atoms with E-state index in [2.05, 4.69) is 172 Å². The largest absolute Gasteiger partial charge is 0.309 e. The molecule has 58 heavy (non-hydrogen) atoms. The molecule has 6 heteroatoms. The lowest BCUT2D eigenvalue weighted by Gasteiger charge is -2.10. The second-order valence-corrected chi connectivity index (χ2v) is 15.8. The molecule has 0 aliphatic carbocycles. The van der Waals surface area contributed by atoms with Crippen LogP contribution in [-0.2, 0) is 10.8 Å². The summed E-state index contributed by atoms with van der Waals surface area (Å²) < 4.78 is 20.8. The van der Waals surface area contributed by atoms with Gasteiger partial charge in [0.2, 0.25) is 0 Å². The van der Waals surface area contributed by atoms with Crippen LogP contribution in [0.5, 0.6) is 0 Å². The first-order valence-electron chi connectivity index (χ1n) is 19.2. The van der Waals surface area contributed by atoms with E-state index in [1.165, 1.54) is 21.5 Å². The van der Waals surface area contributed by atoms with E-state index in [0.29, 0.717) is 15.4 Å². The van der Waals surface area contributed by atoms with Crippen LogP contribution >= 0.6 is 0 Å². The van der Waals surface area contributed by atoms with Gasteiger partial charge in [0.15, 0.2) is 0 Å². The molecule has 3 aromatic heterocycles. The minimum absolute atomic E-state index is 0.546. The highest BCUT2D eigenvalue weighted by Crippen LogP contribution is 2.43. The number of aromatic nitrogens is 3. The molecular formula is C52H36N4OS. The Morgan fingerprint density at radius 1 is 0.448 bits per heavy atom. The number of nitriles is 1. The number of fused-ring (bicyclic) bond motifs is 9. The molecule has 1 atom stereocenters. The van der Waals surface area contributed by atoms with Crippen molar-refractivity contribution in [3.05, 3.63) is 200 Å². The normalized spacial score (nSPS) is 11.9. The van der Waals surface area contributed by atoms with Gasteiger partial charge in [0.05, 0.1) is 55.5 Å². The highest BCUT2D eigenvalue weighted by atomic mass is 32.2. The molecule has 0 radical (unpaired) electrons. The lowest BCUT2D eigenvalue weighted by atomic mass is 10.1. The fourth-order valence-corrected chi connectivity index (χ4v) is 9.47. The van der Waals surface area contributed by atoms with Gasteiger partial charge in [-0.1, -0.05) is 78.9 Å². The van der Waals surface area contributed by atoms with Gasteiger partial charge in [0.25, 0.3) is 0 Å². The average molecular weight is 765 g/mol. The molecular weight excluding hydrogens is 729 g/mol. The van der Waals surface area contributed by atoms with E-state index in [1.807, 2.05) is 19.1 Å². The van der Waals surface area contributed by atoms with Gasteiger partial charge in [-0.05, 0) is 116 Å². The first-order valence-corrected chi connectivity index (χ1v) is 20.4. The summed E-state index contributed by atoms with van der Waals surface area (Å²) in [5.41, 5.74) is 10.6. The Morgan fingerprint density at radius 2 is 0.776 bits per heavy atom. The van der Waals surface area contributed by atoms with Crippen LogP contribution in [0.2, 0.25) is 0 Å². The van der Waals surface area contributed by atoms with Crippen LogP contribution < -0.4 is 0 Å². The molecule has 0 saturated carbocycles. The number of para-hydroxylation sites is 4. The van der Waals surface area contributed by atoms with Crippen LogP contribution in [0.25, 0.3) is 82.5 Å². The summed E-state index contributed by atoms with van der Waals surface area (Å²) in [5.74, 6) is 0. The summed E-state index contributed by atoms with van der Waals surface area (Å²) in [5, 5.41) is 16.3. The zero-order chi connectivity index (χ0) is 39.3. The molecule has 8 aromatic carbocycles. The van der Waals surface area contributed by atoms with Crippen molar-refractivity contribution in [2.45, 2.75) is 16.7 Å². The predicted molar refractivity (Wildman–Crippen MR) is 241 cm³/mol. The summed E-state index contributed by atoms with van der Waals surface area (Å²) >= 11 is 0. The van der Waals surface area contributed by atoms with Crippen molar-refractivity contribution in [3.8, 4) is 23.1 Å². The predicted octanol–water partition coefficient (Wildman–Crippen LogP) is 13.2. The second kappa shape index (κ2) is 14.2. The van der Waals surface area contributed by atoms with Gasteiger partial charge in [0.1, 0.15) is 0 Å². The van der Waals surface area contributed by atoms with Crippen LogP contribution in [0.15, 0.2) is 204 Å². The summed E-state index contributed by atoms with van der Waals surface area (Å²) in [6, 6.07) is 65.1. The van der Waals surface area contributed by atoms with Crippen LogP contribution in [0.3, 0.4) is 0 Å². The minimum Gasteiger partial charge on any atom is -0.309 e. The third-order valence-electron chi connectivity index (χ3n) is 10.9.